The van der Waals surface area contributed by atoms with Gasteiger partial charge < -0.3 is 16.0 Å². The van der Waals surface area contributed by atoms with Crippen molar-refractivity contribution in [2.24, 2.45) is 11.1 Å². The summed E-state index contributed by atoms with van der Waals surface area (Å²) in [5, 5.41) is 2.56. The molecule has 1 saturated heterocycles. The normalized spacial score (nSPS) is 22.6. The quantitative estimate of drug-likeness (QED) is 0.863. The van der Waals surface area contributed by atoms with E-state index < -0.39 is 23.0 Å². The van der Waals surface area contributed by atoms with Gasteiger partial charge in [0.15, 0.2) is 23.3 Å². The van der Waals surface area contributed by atoms with E-state index in [1.807, 2.05) is 0 Å². The predicted octanol–water partition coefficient (Wildman–Crippen LogP) is 1.10. The average Bonchev–Trinajstić information content (AvgIpc) is 2.73. The van der Waals surface area contributed by atoms with Crippen LogP contribution in [0.5, 0.6) is 0 Å². The lowest BCUT2D eigenvalue weighted by atomic mass is 9.89. The Bertz CT molecular complexity index is 523. The van der Waals surface area contributed by atoms with Gasteiger partial charge in [-0.15, -0.1) is 0 Å². The molecular weight excluding hydrogens is 254 g/mol. The van der Waals surface area contributed by atoms with E-state index in [0.29, 0.717) is 13.0 Å². The van der Waals surface area contributed by atoms with Gasteiger partial charge in [-0.1, -0.05) is 0 Å². The summed E-state index contributed by atoms with van der Waals surface area (Å²) in [6.07, 6.45) is 0.524. The first kappa shape index (κ1) is 13.5. The van der Waals surface area contributed by atoms with Crippen LogP contribution in [-0.4, -0.2) is 31.0 Å². The van der Waals surface area contributed by atoms with Crippen molar-refractivity contribution >= 4 is 17.5 Å². The number of pyridine rings is 1. The zero-order chi connectivity index (χ0) is 14.2. The number of primary amides is 1. The third-order valence-corrected chi connectivity index (χ3v) is 3.52. The summed E-state index contributed by atoms with van der Waals surface area (Å²) in [6.45, 7) is 2.47. The van der Waals surface area contributed by atoms with Crippen molar-refractivity contribution in [3.05, 3.63) is 17.7 Å². The smallest absolute Gasteiger partial charge is 0.225 e. The Morgan fingerprint density at radius 3 is 2.74 bits per heavy atom. The van der Waals surface area contributed by atoms with Gasteiger partial charge in [0.05, 0.1) is 5.41 Å². The highest BCUT2D eigenvalue weighted by Gasteiger charge is 2.40. The number of aromatic nitrogens is 1. The Labute approximate surface area is 109 Å². The molecule has 7 heteroatoms. The van der Waals surface area contributed by atoms with Crippen LogP contribution in [0.3, 0.4) is 0 Å². The van der Waals surface area contributed by atoms with Crippen LogP contribution in [0.15, 0.2) is 6.07 Å². The number of hydrogen-bond donors (Lipinski definition) is 2. The van der Waals surface area contributed by atoms with E-state index in [1.54, 1.807) is 11.8 Å². The van der Waals surface area contributed by atoms with Crippen LogP contribution in [0.25, 0.3) is 0 Å². The van der Waals surface area contributed by atoms with Crippen molar-refractivity contribution in [3.8, 4) is 0 Å². The topological polar surface area (TPSA) is 71.2 Å². The molecule has 1 amide bonds. The molecule has 5 nitrogen and oxygen atoms in total. The fourth-order valence-electron chi connectivity index (χ4n) is 2.20. The molecule has 0 spiro atoms. The third kappa shape index (κ3) is 2.32. The summed E-state index contributed by atoms with van der Waals surface area (Å²) in [4.78, 5) is 16.9. The predicted molar refractivity (Wildman–Crippen MR) is 67.8 cm³/mol. The van der Waals surface area contributed by atoms with Crippen molar-refractivity contribution in [3.63, 3.8) is 0 Å². The van der Waals surface area contributed by atoms with Crippen LogP contribution in [-0.2, 0) is 4.79 Å². The van der Waals surface area contributed by atoms with Crippen LogP contribution in [0.1, 0.15) is 13.3 Å². The molecule has 1 fully saturated rings. The highest BCUT2D eigenvalue weighted by molar-refractivity contribution is 5.82. The van der Waals surface area contributed by atoms with E-state index in [0.717, 1.165) is 6.07 Å². The molecule has 104 valence electrons. The molecule has 3 N–H and O–H groups in total. The molecular formula is C12H16F2N4O. The van der Waals surface area contributed by atoms with E-state index in [9.17, 15) is 13.6 Å². The zero-order valence-corrected chi connectivity index (χ0v) is 10.8. The average molecular weight is 270 g/mol. The van der Waals surface area contributed by atoms with Gasteiger partial charge in [-0.3, -0.25) is 4.79 Å². The van der Waals surface area contributed by atoms with Gasteiger partial charge in [-0.2, -0.15) is 0 Å². The molecule has 0 bridgehead atoms. The van der Waals surface area contributed by atoms with Gasteiger partial charge in [-0.05, 0) is 13.3 Å². The van der Waals surface area contributed by atoms with Crippen molar-refractivity contribution in [1.29, 1.82) is 0 Å². The molecule has 0 radical (unpaired) electrons. The molecule has 1 aromatic rings. The van der Waals surface area contributed by atoms with Gasteiger partial charge in [0, 0.05) is 26.2 Å². The standard InChI is InChI=1S/C12H16F2N4O/c1-12(11(15)19)3-4-18(6-12)10-8(14)5-7(13)9(16-2)17-10/h5H,3-4,6H2,1-2H3,(H2,15,19)(H,16,17). The maximum atomic E-state index is 13.8. The summed E-state index contributed by atoms with van der Waals surface area (Å²) in [7, 11) is 1.50. The third-order valence-electron chi connectivity index (χ3n) is 3.52. The number of hydrogen-bond acceptors (Lipinski definition) is 4. The molecule has 1 aliphatic rings. The first-order valence-corrected chi connectivity index (χ1v) is 5.96. The number of anilines is 2. The number of carbonyl (C=O) groups is 1. The van der Waals surface area contributed by atoms with Crippen molar-refractivity contribution in [2.45, 2.75) is 13.3 Å². The van der Waals surface area contributed by atoms with E-state index >= 15 is 0 Å². The number of amides is 1. The largest absolute Gasteiger partial charge is 0.371 e. The molecule has 0 saturated carbocycles. The Hall–Kier alpha value is -1.92. The molecule has 2 heterocycles. The second kappa shape index (κ2) is 4.64. The minimum Gasteiger partial charge on any atom is -0.371 e. The van der Waals surface area contributed by atoms with Crippen LogP contribution < -0.4 is 16.0 Å². The summed E-state index contributed by atoms with van der Waals surface area (Å²) >= 11 is 0. The fourth-order valence-corrected chi connectivity index (χ4v) is 2.20. The first-order chi connectivity index (χ1) is 8.87. The lowest BCUT2D eigenvalue weighted by molar-refractivity contribution is -0.125. The molecule has 19 heavy (non-hydrogen) atoms. The van der Waals surface area contributed by atoms with Crippen LogP contribution >= 0.6 is 0 Å². The summed E-state index contributed by atoms with van der Waals surface area (Å²) in [6, 6.07) is 0.786. The number of halogens is 2. The Morgan fingerprint density at radius 2 is 2.21 bits per heavy atom. The van der Waals surface area contributed by atoms with Gasteiger partial charge in [-0.25, -0.2) is 13.8 Å². The summed E-state index contributed by atoms with van der Waals surface area (Å²) < 4.78 is 27.1. The van der Waals surface area contributed by atoms with Gasteiger partial charge in [0.2, 0.25) is 5.91 Å². The zero-order valence-electron chi connectivity index (χ0n) is 10.8. The highest BCUT2D eigenvalue weighted by atomic mass is 19.1. The second-order valence-corrected chi connectivity index (χ2v) is 4.97. The summed E-state index contributed by atoms with van der Waals surface area (Å²) in [5.74, 6) is -1.91. The molecule has 0 aromatic carbocycles. The minimum absolute atomic E-state index is 0.0240. The number of carbonyl (C=O) groups excluding carboxylic acids is 1. The van der Waals surface area contributed by atoms with E-state index in [1.165, 1.54) is 7.05 Å². The Kier molecular flexibility index (Phi) is 3.30. The number of nitrogens with two attached hydrogens (primary N) is 1. The monoisotopic (exact) mass is 270 g/mol. The molecule has 1 atom stereocenters. The number of nitrogens with one attached hydrogen (secondary N) is 1. The maximum absolute atomic E-state index is 13.8. The molecule has 1 aliphatic heterocycles. The van der Waals surface area contributed by atoms with Gasteiger partial charge in [0.25, 0.3) is 0 Å². The van der Waals surface area contributed by atoms with Crippen molar-refractivity contribution in [2.75, 3.05) is 30.4 Å². The number of rotatable bonds is 3. The van der Waals surface area contributed by atoms with Crippen LogP contribution in [0, 0.1) is 17.0 Å². The molecule has 0 aliphatic carbocycles. The fraction of sp³-hybridized carbons (Fsp3) is 0.500. The Balaban J connectivity index is 2.32. The highest BCUT2D eigenvalue weighted by Crippen LogP contribution is 2.34. The van der Waals surface area contributed by atoms with Crippen LogP contribution in [0.2, 0.25) is 0 Å². The SMILES string of the molecule is CNc1nc(N2CCC(C)(C(N)=O)C2)c(F)cc1F. The summed E-state index contributed by atoms with van der Waals surface area (Å²) in [5.41, 5.74) is 4.63. The van der Waals surface area contributed by atoms with E-state index in [4.69, 9.17) is 5.73 Å². The molecule has 2 rings (SSSR count). The lowest BCUT2D eigenvalue weighted by Crippen LogP contribution is -2.37. The van der Waals surface area contributed by atoms with E-state index in [-0.39, 0.29) is 18.2 Å². The van der Waals surface area contributed by atoms with Gasteiger partial charge >= 0.3 is 0 Å². The first-order valence-electron chi connectivity index (χ1n) is 5.96. The van der Waals surface area contributed by atoms with Crippen molar-refractivity contribution < 1.29 is 13.6 Å². The maximum Gasteiger partial charge on any atom is 0.225 e. The number of nitrogens with zero attached hydrogens (tertiary/aromatic N) is 2. The van der Waals surface area contributed by atoms with E-state index in [2.05, 4.69) is 10.3 Å². The molecule has 1 aromatic heterocycles. The Morgan fingerprint density at radius 1 is 1.53 bits per heavy atom. The molecule has 1 unspecified atom stereocenters. The lowest BCUT2D eigenvalue weighted by Gasteiger charge is -2.22. The van der Waals surface area contributed by atoms with Gasteiger partial charge in [0.1, 0.15) is 0 Å². The van der Waals surface area contributed by atoms with Crippen LogP contribution in [0.4, 0.5) is 20.4 Å². The van der Waals surface area contributed by atoms with Crippen molar-refractivity contribution in [1.82, 2.24) is 4.98 Å². The minimum atomic E-state index is -0.749. The second-order valence-electron chi connectivity index (χ2n) is 4.97.